The Morgan fingerprint density at radius 2 is 2.00 bits per heavy atom. The molecule has 0 saturated carbocycles. The Labute approximate surface area is 168 Å². The average Bonchev–Trinajstić information content (AvgIpc) is 3.44. The summed E-state index contributed by atoms with van der Waals surface area (Å²) in [7, 11) is 0. The molecule has 9 heteroatoms. The van der Waals surface area contributed by atoms with E-state index in [0.29, 0.717) is 17.0 Å². The molecule has 142 valence electrons. The van der Waals surface area contributed by atoms with Crippen LogP contribution >= 0.6 is 23.1 Å². The van der Waals surface area contributed by atoms with E-state index in [0.717, 1.165) is 21.0 Å². The van der Waals surface area contributed by atoms with Crippen LogP contribution < -0.4 is 10.9 Å². The Morgan fingerprint density at radius 3 is 2.75 bits per heavy atom. The van der Waals surface area contributed by atoms with Crippen LogP contribution in [0.15, 0.2) is 56.7 Å². The molecule has 0 atom stereocenters. The van der Waals surface area contributed by atoms with Crippen LogP contribution in [0.2, 0.25) is 0 Å². The summed E-state index contributed by atoms with van der Waals surface area (Å²) in [5.41, 5.74) is 7.50. The lowest BCUT2D eigenvalue weighted by atomic mass is 10.1. The number of nitrogens with one attached hydrogen (secondary N) is 3. The van der Waals surface area contributed by atoms with E-state index in [2.05, 4.69) is 20.8 Å². The van der Waals surface area contributed by atoms with Crippen molar-refractivity contribution in [3.8, 4) is 0 Å². The Morgan fingerprint density at radius 1 is 1.18 bits per heavy atom. The van der Waals surface area contributed by atoms with Gasteiger partial charge < -0.3 is 9.40 Å². The molecule has 0 radical (unpaired) electrons. The summed E-state index contributed by atoms with van der Waals surface area (Å²) >= 11 is 3.11. The van der Waals surface area contributed by atoms with E-state index in [1.165, 1.54) is 0 Å². The summed E-state index contributed by atoms with van der Waals surface area (Å²) in [4.78, 5) is 31.9. The van der Waals surface area contributed by atoms with Crippen LogP contribution in [0, 0.1) is 6.92 Å². The van der Waals surface area contributed by atoms with Gasteiger partial charge in [0.25, 0.3) is 5.91 Å². The number of rotatable bonds is 5. The number of furan rings is 1. The van der Waals surface area contributed by atoms with Gasteiger partial charge >= 0.3 is 5.91 Å². The van der Waals surface area contributed by atoms with Crippen molar-refractivity contribution in [3.63, 3.8) is 0 Å². The molecule has 0 saturated heterocycles. The van der Waals surface area contributed by atoms with Crippen LogP contribution in [-0.2, 0) is 5.75 Å². The fraction of sp³-hybridized carbons (Fsp3) is 0.105. The molecule has 2 amide bonds. The molecule has 3 N–H and O–H groups in total. The molecule has 3 aromatic heterocycles. The minimum atomic E-state index is -0.512. The smallest absolute Gasteiger partial charge is 0.305 e. The minimum Gasteiger partial charge on any atom is -0.451 e. The number of hydrogen-bond acceptors (Lipinski definition) is 6. The first-order chi connectivity index (χ1) is 13.6. The molecule has 3 heterocycles. The molecule has 0 aliphatic carbocycles. The number of thiazole rings is 1. The van der Waals surface area contributed by atoms with Gasteiger partial charge in [-0.15, -0.1) is 11.3 Å². The highest BCUT2D eigenvalue weighted by molar-refractivity contribution is 8.00. The van der Waals surface area contributed by atoms with Crippen molar-refractivity contribution in [1.82, 2.24) is 20.8 Å². The molecule has 4 aromatic rings. The second-order valence-corrected chi connectivity index (χ2v) is 8.02. The molecular formula is C19H16N4O3S2. The van der Waals surface area contributed by atoms with E-state index < -0.39 is 11.8 Å². The topological polar surface area (TPSA) is 100 Å². The molecule has 0 bridgehead atoms. The van der Waals surface area contributed by atoms with Crippen molar-refractivity contribution in [2.75, 3.05) is 0 Å². The fourth-order valence-electron chi connectivity index (χ4n) is 2.67. The van der Waals surface area contributed by atoms with Crippen LogP contribution in [0.4, 0.5) is 0 Å². The minimum absolute atomic E-state index is 0.175. The van der Waals surface area contributed by atoms with Gasteiger partial charge in [-0.25, -0.2) is 4.98 Å². The number of aromatic nitrogens is 2. The Bertz CT molecular complexity index is 1130. The number of H-pyrrole nitrogens is 1. The number of thioether (sulfide) groups is 1. The zero-order chi connectivity index (χ0) is 19.5. The number of carbonyl (C=O) groups is 2. The monoisotopic (exact) mass is 412 g/mol. The molecule has 0 aliphatic heterocycles. The molecule has 0 unspecified atom stereocenters. The predicted octanol–water partition coefficient (Wildman–Crippen LogP) is 3.89. The van der Waals surface area contributed by atoms with Gasteiger partial charge in [0.2, 0.25) is 0 Å². The van der Waals surface area contributed by atoms with Gasteiger partial charge in [-0.05, 0) is 25.1 Å². The number of hydrogen-bond donors (Lipinski definition) is 3. The average molecular weight is 412 g/mol. The van der Waals surface area contributed by atoms with Crippen LogP contribution in [0.1, 0.15) is 32.3 Å². The van der Waals surface area contributed by atoms with E-state index in [-0.39, 0.29) is 5.76 Å². The van der Waals surface area contributed by atoms with Crippen LogP contribution in [0.25, 0.3) is 11.0 Å². The van der Waals surface area contributed by atoms with Gasteiger partial charge in [0.15, 0.2) is 5.76 Å². The van der Waals surface area contributed by atoms with Gasteiger partial charge in [0.05, 0.1) is 0 Å². The number of hydrazine groups is 1. The lowest BCUT2D eigenvalue weighted by molar-refractivity contribution is 0.0829. The van der Waals surface area contributed by atoms with Gasteiger partial charge in [0, 0.05) is 34.0 Å². The van der Waals surface area contributed by atoms with Gasteiger partial charge in [0.1, 0.15) is 15.6 Å². The Kier molecular flexibility index (Phi) is 5.18. The van der Waals surface area contributed by atoms with Crippen LogP contribution in [0.5, 0.6) is 0 Å². The number of nitrogens with zero attached hydrogens (tertiary/aromatic N) is 1. The summed E-state index contributed by atoms with van der Waals surface area (Å²) < 4.78 is 6.70. The van der Waals surface area contributed by atoms with E-state index >= 15 is 0 Å². The summed E-state index contributed by atoms with van der Waals surface area (Å²) in [6.07, 6.45) is 1.63. The highest BCUT2D eigenvalue weighted by atomic mass is 32.2. The van der Waals surface area contributed by atoms with Crippen molar-refractivity contribution >= 4 is 45.9 Å². The number of aryl methyl sites for hydroxylation is 1. The Hall–Kier alpha value is -3.04. The summed E-state index contributed by atoms with van der Waals surface area (Å²) in [5, 5.41) is 2.85. The SMILES string of the molecule is Cc1csc(SCc2c(C(=O)NNC(=O)c3ccc[nH]3)oc3ccccc23)n1. The standard InChI is InChI=1S/C19H16N4O3S2/c1-11-9-27-19(21-11)28-10-13-12-5-2-3-7-15(12)26-16(13)18(25)23-22-17(24)14-6-4-8-20-14/h2-9,20H,10H2,1H3,(H,22,24)(H,23,25). The molecule has 4 rings (SSSR count). The maximum absolute atomic E-state index is 12.7. The Balaban J connectivity index is 1.55. The first-order valence-corrected chi connectivity index (χ1v) is 10.3. The first-order valence-electron chi connectivity index (χ1n) is 8.41. The van der Waals surface area contributed by atoms with Crippen molar-refractivity contribution in [2.45, 2.75) is 17.0 Å². The molecular weight excluding hydrogens is 396 g/mol. The molecule has 28 heavy (non-hydrogen) atoms. The second kappa shape index (κ2) is 7.91. The van der Waals surface area contributed by atoms with Crippen LogP contribution in [-0.4, -0.2) is 21.8 Å². The van der Waals surface area contributed by atoms with E-state index in [9.17, 15) is 9.59 Å². The lowest BCUT2D eigenvalue weighted by Gasteiger charge is -2.06. The maximum Gasteiger partial charge on any atom is 0.305 e. The summed E-state index contributed by atoms with van der Waals surface area (Å²) in [6, 6.07) is 10.8. The van der Waals surface area contributed by atoms with Crippen molar-refractivity contribution in [2.24, 2.45) is 0 Å². The molecule has 1 aromatic carbocycles. The number of benzene rings is 1. The van der Waals surface area contributed by atoms with Crippen LogP contribution in [0.3, 0.4) is 0 Å². The lowest BCUT2D eigenvalue weighted by Crippen LogP contribution is -2.41. The highest BCUT2D eigenvalue weighted by Crippen LogP contribution is 2.33. The van der Waals surface area contributed by atoms with Gasteiger partial charge in [-0.1, -0.05) is 30.0 Å². The van der Waals surface area contributed by atoms with Crippen molar-refractivity contribution < 1.29 is 14.0 Å². The normalized spacial score (nSPS) is 10.9. The quantitative estimate of drug-likeness (QED) is 0.341. The number of carbonyl (C=O) groups excluding carboxylic acids is 2. The molecule has 0 aliphatic rings. The first kappa shape index (κ1) is 18.3. The van der Waals surface area contributed by atoms with Crippen molar-refractivity contribution in [3.05, 3.63) is 70.7 Å². The van der Waals surface area contributed by atoms with Crippen molar-refractivity contribution in [1.29, 1.82) is 0 Å². The highest BCUT2D eigenvalue weighted by Gasteiger charge is 2.21. The van der Waals surface area contributed by atoms with Gasteiger partial charge in [-0.3, -0.25) is 20.4 Å². The third-order valence-electron chi connectivity index (χ3n) is 3.97. The number of fused-ring (bicyclic) bond motifs is 1. The third kappa shape index (κ3) is 3.80. The third-order valence-corrected chi connectivity index (χ3v) is 6.14. The largest absolute Gasteiger partial charge is 0.451 e. The summed E-state index contributed by atoms with van der Waals surface area (Å²) in [5.74, 6) is -0.253. The van der Waals surface area contributed by atoms with E-state index in [1.807, 2.05) is 36.6 Å². The summed E-state index contributed by atoms with van der Waals surface area (Å²) in [6.45, 7) is 1.94. The van der Waals surface area contributed by atoms with E-state index in [1.54, 1.807) is 41.4 Å². The predicted molar refractivity (Wildman–Crippen MR) is 108 cm³/mol. The molecule has 0 spiro atoms. The van der Waals surface area contributed by atoms with E-state index in [4.69, 9.17) is 4.42 Å². The zero-order valence-electron chi connectivity index (χ0n) is 14.8. The number of aromatic amines is 1. The molecule has 0 fully saturated rings. The maximum atomic E-state index is 12.7. The second-order valence-electron chi connectivity index (χ2n) is 5.94. The number of amides is 2. The fourth-order valence-corrected chi connectivity index (χ4v) is 4.54. The zero-order valence-corrected chi connectivity index (χ0v) is 16.4. The molecule has 7 nitrogen and oxygen atoms in total. The number of para-hydroxylation sites is 1. The van der Waals surface area contributed by atoms with Gasteiger partial charge in [-0.2, -0.15) is 0 Å².